The first-order valence-corrected chi connectivity index (χ1v) is 8.29. The van der Waals surface area contributed by atoms with Crippen molar-refractivity contribution in [3.8, 4) is 11.3 Å². The Hall–Kier alpha value is -3.28. The summed E-state index contributed by atoms with van der Waals surface area (Å²) in [5.41, 5.74) is 11.4. The van der Waals surface area contributed by atoms with Crippen molar-refractivity contribution < 1.29 is 14.1 Å². The van der Waals surface area contributed by atoms with Gasteiger partial charge in [-0.05, 0) is 37.1 Å². The summed E-state index contributed by atoms with van der Waals surface area (Å²) in [6.07, 6.45) is -0.845. The Morgan fingerprint density at radius 1 is 1.15 bits per heavy atom. The van der Waals surface area contributed by atoms with Gasteiger partial charge >= 0.3 is 6.09 Å². The Balaban J connectivity index is 1.62. The van der Waals surface area contributed by atoms with Crippen molar-refractivity contribution in [1.29, 1.82) is 0 Å². The lowest BCUT2D eigenvalue weighted by Crippen LogP contribution is -2.12. The summed E-state index contributed by atoms with van der Waals surface area (Å²) in [5, 5.41) is 7.40. The normalized spacial score (nSPS) is 10.5. The molecular formula is C20H21N3O3. The third-order valence-electron chi connectivity index (χ3n) is 4.08. The van der Waals surface area contributed by atoms with Crippen LogP contribution in [0.15, 0.2) is 53.1 Å². The predicted molar refractivity (Wildman–Crippen MR) is 99.6 cm³/mol. The van der Waals surface area contributed by atoms with Crippen molar-refractivity contribution >= 4 is 11.8 Å². The molecule has 0 aliphatic heterocycles. The zero-order valence-corrected chi connectivity index (χ0v) is 14.8. The lowest BCUT2D eigenvalue weighted by atomic mass is 10.1. The van der Waals surface area contributed by atoms with Gasteiger partial charge in [0.1, 0.15) is 5.69 Å². The topological polar surface area (TPSA) is 90.4 Å². The highest BCUT2D eigenvalue weighted by Gasteiger charge is 2.08. The molecule has 0 saturated carbocycles. The number of nitrogens with one attached hydrogen (secondary N) is 1. The van der Waals surface area contributed by atoms with Crippen molar-refractivity contribution in [3.63, 3.8) is 0 Å². The van der Waals surface area contributed by atoms with E-state index in [4.69, 9.17) is 10.3 Å². The van der Waals surface area contributed by atoms with E-state index in [0.29, 0.717) is 11.5 Å². The van der Waals surface area contributed by atoms with Crippen molar-refractivity contribution in [2.45, 2.75) is 27.0 Å². The summed E-state index contributed by atoms with van der Waals surface area (Å²) in [6.45, 7) is 4.96. The van der Waals surface area contributed by atoms with Crippen LogP contribution in [-0.4, -0.2) is 11.2 Å². The molecule has 3 aromatic rings. The van der Waals surface area contributed by atoms with Crippen LogP contribution in [0.2, 0.25) is 0 Å². The Kier molecular flexibility index (Phi) is 5.22. The quantitative estimate of drug-likeness (QED) is 0.696. The average molecular weight is 351 g/mol. The number of carbonyl (C=O) groups is 1. The third kappa shape index (κ3) is 4.42. The highest BCUT2D eigenvalue weighted by Crippen LogP contribution is 2.22. The highest BCUT2D eigenvalue weighted by molar-refractivity contribution is 5.65. The number of aryl methyl sites for hydroxylation is 2. The number of nitrogens with zero attached hydrogens (tertiary/aromatic N) is 1. The van der Waals surface area contributed by atoms with E-state index in [9.17, 15) is 4.79 Å². The molecule has 1 amide bonds. The van der Waals surface area contributed by atoms with E-state index in [1.807, 2.05) is 24.3 Å². The lowest BCUT2D eigenvalue weighted by Gasteiger charge is -2.10. The van der Waals surface area contributed by atoms with Crippen molar-refractivity contribution in [1.82, 2.24) is 5.16 Å². The number of amides is 1. The van der Waals surface area contributed by atoms with E-state index in [1.54, 1.807) is 6.07 Å². The van der Waals surface area contributed by atoms with Crippen molar-refractivity contribution in [2.24, 2.45) is 5.73 Å². The molecule has 1 aromatic heterocycles. The molecule has 6 nitrogen and oxygen atoms in total. The smallest absolute Gasteiger partial charge is 0.404 e. The number of hydrogen-bond acceptors (Lipinski definition) is 5. The molecule has 6 heteroatoms. The monoisotopic (exact) mass is 351 g/mol. The van der Waals surface area contributed by atoms with E-state index < -0.39 is 6.09 Å². The van der Waals surface area contributed by atoms with Crippen LogP contribution in [-0.2, 0) is 17.9 Å². The molecule has 0 atom stereocenters. The molecule has 2 aromatic carbocycles. The first kappa shape index (κ1) is 17.5. The molecule has 0 fully saturated rings. The maximum absolute atomic E-state index is 10.6. The van der Waals surface area contributed by atoms with Gasteiger partial charge in [0.15, 0.2) is 12.4 Å². The fourth-order valence-electron chi connectivity index (χ4n) is 2.66. The summed E-state index contributed by atoms with van der Waals surface area (Å²) in [7, 11) is 0. The minimum atomic E-state index is -0.845. The van der Waals surface area contributed by atoms with E-state index in [0.717, 1.165) is 17.8 Å². The SMILES string of the molecule is Cc1ccc(CNc2ccc(-c3cc(COC(N)=O)on3)cc2)c(C)c1. The maximum Gasteiger partial charge on any atom is 0.404 e. The Bertz CT molecular complexity index is 901. The second-order valence-electron chi connectivity index (χ2n) is 6.15. The van der Waals surface area contributed by atoms with Crippen LogP contribution in [0.3, 0.4) is 0 Å². The number of anilines is 1. The number of aromatic nitrogens is 1. The van der Waals surface area contributed by atoms with Crippen LogP contribution < -0.4 is 11.1 Å². The summed E-state index contributed by atoms with van der Waals surface area (Å²) >= 11 is 0. The van der Waals surface area contributed by atoms with Gasteiger partial charge in [0.25, 0.3) is 0 Å². The van der Waals surface area contributed by atoms with Crippen LogP contribution in [0, 0.1) is 13.8 Å². The summed E-state index contributed by atoms with van der Waals surface area (Å²) in [4.78, 5) is 10.6. The summed E-state index contributed by atoms with van der Waals surface area (Å²) in [5.74, 6) is 0.441. The fraction of sp³-hybridized carbons (Fsp3) is 0.200. The number of rotatable bonds is 6. The summed E-state index contributed by atoms with van der Waals surface area (Å²) in [6, 6.07) is 16.1. The third-order valence-corrected chi connectivity index (χ3v) is 4.08. The van der Waals surface area contributed by atoms with Crippen LogP contribution in [0.25, 0.3) is 11.3 Å². The molecule has 0 saturated heterocycles. The van der Waals surface area contributed by atoms with E-state index >= 15 is 0 Å². The van der Waals surface area contributed by atoms with Crippen LogP contribution in [0.5, 0.6) is 0 Å². The highest BCUT2D eigenvalue weighted by atomic mass is 16.6. The molecule has 134 valence electrons. The first-order chi connectivity index (χ1) is 12.5. The molecule has 3 rings (SSSR count). The lowest BCUT2D eigenvalue weighted by molar-refractivity contribution is 0.137. The number of hydrogen-bond donors (Lipinski definition) is 2. The second kappa shape index (κ2) is 7.74. The molecular weight excluding hydrogens is 330 g/mol. The van der Waals surface area contributed by atoms with Gasteiger partial charge in [-0.25, -0.2) is 4.79 Å². The number of benzene rings is 2. The minimum absolute atomic E-state index is 0.0299. The van der Waals surface area contributed by atoms with E-state index in [1.165, 1.54) is 16.7 Å². The van der Waals surface area contributed by atoms with Gasteiger partial charge in [0, 0.05) is 23.9 Å². The zero-order valence-electron chi connectivity index (χ0n) is 14.8. The van der Waals surface area contributed by atoms with Crippen LogP contribution >= 0.6 is 0 Å². The second-order valence-corrected chi connectivity index (χ2v) is 6.15. The molecule has 0 bridgehead atoms. The van der Waals surface area contributed by atoms with Crippen molar-refractivity contribution in [2.75, 3.05) is 5.32 Å². The van der Waals surface area contributed by atoms with Gasteiger partial charge in [-0.15, -0.1) is 0 Å². The largest absolute Gasteiger partial charge is 0.441 e. The fourth-order valence-corrected chi connectivity index (χ4v) is 2.66. The molecule has 0 aliphatic carbocycles. The predicted octanol–water partition coefficient (Wildman–Crippen LogP) is 4.17. The van der Waals surface area contributed by atoms with Gasteiger partial charge in [-0.3, -0.25) is 0 Å². The Labute approximate surface area is 152 Å². The minimum Gasteiger partial charge on any atom is -0.441 e. The molecule has 3 N–H and O–H groups in total. The number of ether oxygens (including phenoxy) is 1. The molecule has 0 spiro atoms. The van der Waals surface area contributed by atoms with Gasteiger partial charge < -0.3 is 20.3 Å². The van der Waals surface area contributed by atoms with Crippen LogP contribution in [0.4, 0.5) is 10.5 Å². The molecule has 26 heavy (non-hydrogen) atoms. The molecule has 0 unspecified atom stereocenters. The standard InChI is InChI=1S/C20H21N3O3/c1-13-3-4-16(14(2)9-13)11-22-17-7-5-15(6-8-17)19-10-18(26-23-19)12-25-20(21)24/h3-10,22H,11-12H2,1-2H3,(H2,21,24). The molecule has 1 heterocycles. The van der Waals surface area contributed by atoms with E-state index in [2.05, 4.69) is 47.3 Å². The van der Waals surface area contributed by atoms with Gasteiger partial charge in [0.05, 0.1) is 0 Å². The number of nitrogens with two attached hydrogens (primary N) is 1. The number of primary amides is 1. The van der Waals surface area contributed by atoms with Crippen LogP contribution in [0.1, 0.15) is 22.5 Å². The molecule has 0 aliphatic rings. The number of carbonyl (C=O) groups excluding carboxylic acids is 1. The summed E-state index contributed by atoms with van der Waals surface area (Å²) < 4.78 is 9.81. The van der Waals surface area contributed by atoms with Gasteiger partial charge in [-0.1, -0.05) is 41.1 Å². The van der Waals surface area contributed by atoms with Crippen molar-refractivity contribution in [3.05, 3.63) is 71.0 Å². The van der Waals surface area contributed by atoms with Gasteiger partial charge in [0.2, 0.25) is 0 Å². The Morgan fingerprint density at radius 3 is 2.62 bits per heavy atom. The van der Waals surface area contributed by atoms with Gasteiger partial charge in [-0.2, -0.15) is 0 Å². The average Bonchev–Trinajstić information content (AvgIpc) is 3.09. The first-order valence-electron chi connectivity index (χ1n) is 8.29. The maximum atomic E-state index is 10.6. The van der Waals surface area contributed by atoms with E-state index in [-0.39, 0.29) is 6.61 Å². The Morgan fingerprint density at radius 2 is 1.92 bits per heavy atom. The zero-order chi connectivity index (χ0) is 18.5. The molecule has 0 radical (unpaired) electrons.